The van der Waals surface area contributed by atoms with E-state index in [1.165, 1.54) is 38.5 Å². The molecule has 1 amide bonds. The standard InChI is InChI=1S/C22H39N3O/c1-17(2)21-5-8-22(9-6-21,10-7-21)25-13-11-23(12-14-25)20(26)19-15-24(16-19)18(3)4/h17-19H,5-16H2,1-4H3. The van der Waals surface area contributed by atoms with Gasteiger partial charge in [0.15, 0.2) is 0 Å². The van der Waals surface area contributed by atoms with E-state index in [0.717, 1.165) is 45.2 Å². The molecule has 2 aliphatic heterocycles. The van der Waals surface area contributed by atoms with E-state index in [1.54, 1.807) is 0 Å². The number of piperazine rings is 1. The average Bonchev–Trinajstić information content (AvgIpc) is 2.61. The lowest BCUT2D eigenvalue weighted by molar-refractivity contribution is -0.146. The topological polar surface area (TPSA) is 26.8 Å². The molecule has 148 valence electrons. The van der Waals surface area contributed by atoms with Gasteiger partial charge in [-0.15, -0.1) is 0 Å². The molecule has 2 heterocycles. The van der Waals surface area contributed by atoms with E-state index in [9.17, 15) is 4.79 Å². The van der Waals surface area contributed by atoms with E-state index in [2.05, 4.69) is 42.4 Å². The monoisotopic (exact) mass is 361 g/mol. The number of nitrogens with zero attached hydrogens (tertiary/aromatic N) is 3. The van der Waals surface area contributed by atoms with Gasteiger partial charge in [0.2, 0.25) is 5.91 Å². The number of likely N-dealkylation sites (tertiary alicyclic amines) is 1. The van der Waals surface area contributed by atoms with Crippen LogP contribution in [-0.4, -0.2) is 71.5 Å². The molecule has 0 unspecified atom stereocenters. The molecule has 0 aromatic carbocycles. The van der Waals surface area contributed by atoms with E-state index in [4.69, 9.17) is 0 Å². The third-order valence-corrected chi connectivity index (χ3v) is 8.74. The summed E-state index contributed by atoms with van der Waals surface area (Å²) in [5.74, 6) is 1.52. The highest BCUT2D eigenvalue weighted by Gasteiger charge is 2.52. The van der Waals surface area contributed by atoms with Crippen molar-refractivity contribution in [2.45, 2.75) is 77.8 Å². The number of fused-ring (bicyclic) bond motifs is 3. The van der Waals surface area contributed by atoms with Gasteiger partial charge in [0, 0.05) is 50.8 Å². The number of carbonyl (C=O) groups is 1. The van der Waals surface area contributed by atoms with Crippen molar-refractivity contribution in [1.29, 1.82) is 0 Å². The Morgan fingerprint density at radius 1 is 0.846 bits per heavy atom. The smallest absolute Gasteiger partial charge is 0.228 e. The molecular weight excluding hydrogens is 322 g/mol. The van der Waals surface area contributed by atoms with Gasteiger partial charge in [-0.25, -0.2) is 0 Å². The fraction of sp³-hybridized carbons (Fsp3) is 0.955. The molecule has 0 atom stereocenters. The van der Waals surface area contributed by atoms with Crippen LogP contribution < -0.4 is 0 Å². The SMILES string of the molecule is CC(C)N1CC(C(=O)N2CCN(C34CCC(C(C)C)(CC3)CC4)CC2)C1. The Balaban J connectivity index is 1.29. The molecule has 3 aliphatic carbocycles. The molecular formula is C22H39N3O. The summed E-state index contributed by atoms with van der Waals surface area (Å²) < 4.78 is 0. The van der Waals surface area contributed by atoms with Crippen molar-refractivity contribution in [3.05, 3.63) is 0 Å². The van der Waals surface area contributed by atoms with Crippen molar-refractivity contribution in [1.82, 2.24) is 14.7 Å². The first-order chi connectivity index (χ1) is 12.4. The molecule has 0 N–H and O–H groups in total. The highest BCUT2D eigenvalue weighted by Crippen LogP contribution is 2.57. The fourth-order valence-electron chi connectivity index (χ4n) is 6.29. The van der Waals surface area contributed by atoms with E-state index in [1.807, 2.05) is 0 Å². The van der Waals surface area contributed by atoms with Gasteiger partial charge in [-0.3, -0.25) is 14.6 Å². The number of rotatable bonds is 4. The van der Waals surface area contributed by atoms with Crippen molar-refractivity contribution in [3.63, 3.8) is 0 Å². The largest absolute Gasteiger partial charge is 0.340 e. The molecule has 4 nitrogen and oxygen atoms in total. The van der Waals surface area contributed by atoms with Crippen LogP contribution in [0.25, 0.3) is 0 Å². The van der Waals surface area contributed by atoms with Crippen molar-refractivity contribution in [2.24, 2.45) is 17.3 Å². The van der Waals surface area contributed by atoms with Crippen LogP contribution in [0.3, 0.4) is 0 Å². The zero-order valence-corrected chi connectivity index (χ0v) is 17.5. The molecule has 3 saturated carbocycles. The predicted octanol–water partition coefficient (Wildman–Crippen LogP) is 3.22. The average molecular weight is 362 g/mol. The van der Waals surface area contributed by atoms with Gasteiger partial charge in [-0.05, 0) is 63.7 Å². The maximum Gasteiger partial charge on any atom is 0.228 e. The van der Waals surface area contributed by atoms with Gasteiger partial charge in [0.05, 0.1) is 5.92 Å². The number of hydrogen-bond acceptors (Lipinski definition) is 3. The highest BCUT2D eigenvalue weighted by molar-refractivity contribution is 5.80. The molecule has 2 saturated heterocycles. The Morgan fingerprint density at radius 2 is 1.38 bits per heavy atom. The zero-order chi connectivity index (χ0) is 18.5. The van der Waals surface area contributed by atoms with Crippen molar-refractivity contribution < 1.29 is 4.79 Å². The van der Waals surface area contributed by atoms with Crippen LogP contribution in [-0.2, 0) is 4.79 Å². The van der Waals surface area contributed by atoms with Crippen LogP contribution in [0.1, 0.15) is 66.2 Å². The third-order valence-electron chi connectivity index (χ3n) is 8.74. The number of hydrogen-bond donors (Lipinski definition) is 0. The van der Waals surface area contributed by atoms with E-state index in [-0.39, 0.29) is 5.92 Å². The second-order valence-corrected chi connectivity index (χ2v) is 10.3. The van der Waals surface area contributed by atoms with Gasteiger partial charge in [-0.1, -0.05) is 13.8 Å². The Hall–Kier alpha value is -0.610. The van der Waals surface area contributed by atoms with Crippen molar-refractivity contribution >= 4 is 5.91 Å². The maximum absolute atomic E-state index is 12.8. The summed E-state index contributed by atoms with van der Waals surface area (Å²) in [6, 6.07) is 0.575. The quantitative estimate of drug-likeness (QED) is 0.769. The first-order valence-corrected chi connectivity index (χ1v) is 11.1. The lowest BCUT2D eigenvalue weighted by Crippen LogP contribution is -2.64. The van der Waals surface area contributed by atoms with Crippen LogP contribution >= 0.6 is 0 Å². The summed E-state index contributed by atoms with van der Waals surface area (Å²) in [4.78, 5) is 20.1. The molecule has 5 rings (SSSR count). The predicted molar refractivity (Wildman–Crippen MR) is 106 cm³/mol. The Morgan fingerprint density at radius 3 is 1.85 bits per heavy atom. The summed E-state index contributed by atoms with van der Waals surface area (Å²) in [5, 5.41) is 0. The molecule has 5 fully saturated rings. The van der Waals surface area contributed by atoms with Crippen LogP contribution in [0.5, 0.6) is 0 Å². The Kier molecular flexibility index (Phi) is 4.88. The lowest BCUT2D eigenvalue weighted by atomic mass is 9.53. The first-order valence-electron chi connectivity index (χ1n) is 11.1. The van der Waals surface area contributed by atoms with E-state index >= 15 is 0 Å². The van der Waals surface area contributed by atoms with Crippen LogP contribution in [0.4, 0.5) is 0 Å². The minimum atomic E-state index is 0.262. The van der Waals surface area contributed by atoms with Gasteiger partial charge in [0.1, 0.15) is 0 Å². The molecule has 0 radical (unpaired) electrons. The second kappa shape index (κ2) is 6.77. The summed E-state index contributed by atoms with van der Waals surface area (Å²) in [6.45, 7) is 15.4. The van der Waals surface area contributed by atoms with Crippen LogP contribution in [0, 0.1) is 17.3 Å². The van der Waals surface area contributed by atoms with Crippen molar-refractivity contribution in [2.75, 3.05) is 39.3 Å². The highest BCUT2D eigenvalue weighted by atomic mass is 16.2. The normalized spacial score (nSPS) is 36.8. The van der Waals surface area contributed by atoms with E-state index in [0.29, 0.717) is 22.9 Å². The first kappa shape index (κ1) is 18.7. The molecule has 0 aromatic heterocycles. The fourth-order valence-corrected chi connectivity index (χ4v) is 6.29. The minimum absolute atomic E-state index is 0.262. The number of carbonyl (C=O) groups excluding carboxylic acids is 1. The lowest BCUT2D eigenvalue weighted by Gasteiger charge is -2.60. The molecule has 0 spiro atoms. The second-order valence-electron chi connectivity index (χ2n) is 10.3. The third kappa shape index (κ3) is 3.01. The van der Waals surface area contributed by atoms with Crippen LogP contribution in [0.15, 0.2) is 0 Å². The summed E-state index contributed by atoms with van der Waals surface area (Å²) in [5.41, 5.74) is 1.11. The molecule has 5 aliphatic rings. The van der Waals surface area contributed by atoms with Gasteiger partial charge < -0.3 is 4.90 Å². The van der Waals surface area contributed by atoms with Crippen LogP contribution in [0.2, 0.25) is 0 Å². The molecule has 2 bridgehead atoms. The molecule has 26 heavy (non-hydrogen) atoms. The van der Waals surface area contributed by atoms with Gasteiger partial charge in [0.25, 0.3) is 0 Å². The van der Waals surface area contributed by atoms with E-state index < -0.39 is 0 Å². The number of amides is 1. The minimum Gasteiger partial charge on any atom is -0.340 e. The zero-order valence-electron chi connectivity index (χ0n) is 17.5. The van der Waals surface area contributed by atoms with Gasteiger partial charge in [-0.2, -0.15) is 0 Å². The Bertz CT molecular complexity index is 505. The Labute approximate surface area is 160 Å². The molecule has 0 aromatic rings. The van der Waals surface area contributed by atoms with Crippen molar-refractivity contribution in [3.8, 4) is 0 Å². The summed E-state index contributed by atoms with van der Waals surface area (Å²) in [7, 11) is 0. The summed E-state index contributed by atoms with van der Waals surface area (Å²) in [6.07, 6.45) is 8.46. The molecule has 4 heteroatoms. The maximum atomic E-state index is 12.8. The summed E-state index contributed by atoms with van der Waals surface area (Å²) >= 11 is 0. The van der Waals surface area contributed by atoms with Gasteiger partial charge >= 0.3 is 0 Å².